The topological polar surface area (TPSA) is 49.9 Å². The van der Waals surface area contributed by atoms with E-state index in [1.165, 1.54) is 25.0 Å². The lowest BCUT2D eigenvalue weighted by Gasteiger charge is -2.38. The maximum absolute atomic E-state index is 13.6. The fourth-order valence-electron chi connectivity index (χ4n) is 5.89. The average Bonchev–Trinajstić information content (AvgIpc) is 3.44. The van der Waals surface area contributed by atoms with Crippen LogP contribution in [0.3, 0.4) is 0 Å². The van der Waals surface area contributed by atoms with Gasteiger partial charge in [-0.25, -0.2) is 9.18 Å². The number of carbonyl (C=O) groups excluding carboxylic acids is 2. The predicted octanol–water partition coefficient (Wildman–Crippen LogP) is 3.89. The lowest BCUT2D eigenvalue weighted by Crippen LogP contribution is -2.46. The zero-order chi connectivity index (χ0) is 20.0. The van der Waals surface area contributed by atoms with Gasteiger partial charge >= 0.3 is 5.97 Å². The number of carbonyl (C=O) groups is 2. The molecule has 1 atom stereocenters. The van der Waals surface area contributed by atoms with Gasteiger partial charge in [0.05, 0.1) is 5.56 Å². The average molecular weight is 437 g/mol. The van der Waals surface area contributed by atoms with E-state index in [0.29, 0.717) is 24.4 Å². The van der Waals surface area contributed by atoms with Crippen molar-refractivity contribution in [1.29, 1.82) is 0 Å². The molecule has 0 N–H and O–H groups in total. The van der Waals surface area contributed by atoms with Gasteiger partial charge in [-0.15, -0.1) is 12.4 Å². The van der Waals surface area contributed by atoms with Crippen molar-refractivity contribution in [2.45, 2.75) is 63.0 Å². The van der Waals surface area contributed by atoms with E-state index in [4.69, 9.17) is 4.74 Å². The molecule has 4 aliphatic rings. The van der Waals surface area contributed by atoms with E-state index in [0.717, 1.165) is 57.4 Å². The summed E-state index contributed by atoms with van der Waals surface area (Å²) in [6.45, 7) is 4.21. The first-order valence-corrected chi connectivity index (χ1v) is 11.1. The fraction of sp³-hybridized carbons (Fsp3) is 0.652. The summed E-state index contributed by atoms with van der Waals surface area (Å²) in [5.41, 5.74) is 0.472. The van der Waals surface area contributed by atoms with E-state index in [2.05, 4.69) is 9.80 Å². The highest BCUT2D eigenvalue weighted by Gasteiger charge is 2.49. The molecular weight excluding hydrogens is 407 g/mol. The van der Waals surface area contributed by atoms with Crippen LogP contribution in [0.5, 0.6) is 0 Å². The SMILES string of the molecule is Cl.O=C1OC2(CCC(C(=O)N3CCC[C@H]3CN3CCCC3)CC2)c2ccc(F)cc21. The summed E-state index contributed by atoms with van der Waals surface area (Å²) in [5.74, 6) is -0.567. The number of halogens is 2. The highest BCUT2D eigenvalue weighted by atomic mass is 35.5. The van der Waals surface area contributed by atoms with Crippen molar-refractivity contribution < 1.29 is 18.7 Å². The van der Waals surface area contributed by atoms with E-state index in [1.807, 2.05) is 0 Å². The standard InChI is InChI=1S/C23H29FN2O3.ClH/c24-17-5-6-20-19(14-17)22(28)29-23(20)9-7-16(8-10-23)21(27)26-13-3-4-18(26)15-25-11-1-2-12-25;/h5-6,14,16,18H,1-4,7-13,15H2;1H/t16?,18-,23?;/m0./s1. The minimum atomic E-state index is -0.670. The second kappa shape index (κ2) is 8.46. The van der Waals surface area contributed by atoms with E-state index in [9.17, 15) is 14.0 Å². The number of amides is 1. The number of esters is 1. The third-order valence-electron chi connectivity index (χ3n) is 7.45. The van der Waals surface area contributed by atoms with Gasteiger partial charge in [0.2, 0.25) is 5.91 Å². The van der Waals surface area contributed by atoms with E-state index in [1.54, 1.807) is 6.07 Å². The van der Waals surface area contributed by atoms with Crippen LogP contribution in [0.25, 0.3) is 0 Å². The summed E-state index contributed by atoms with van der Waals surface area (Å²) >= 11 is 0. The molecular formula is C23H30ClFN2O3. The van der Waals surface area contributed by atoms with Crippen LogP contribution < -0.4 is 0 Å². The first-order chi connectivity index (χ1) is 14.1. The largest absolute Gasteiger partial charge is 0.451 e. The van der Waals surface area contributed by atoms with Crippen molar-refractivity contribution in [3.8, 4) is 0 Å². The van der Waals surface area contributed by atoms with Crippen LogP contribution in [0, 0.1) is 11.7 Å². The molecule has 2 saturated heterocycles. The van der Waals surface area contributed by atoms with Crippen molar-refractivity contribution in [3.63, 3.8) is 0 Å². The quantitative estimate of drug-likeness (QED) is 0.674. The Morgan fingerprint density at radius 3 is 2.57 bits per heavy atom. The minimum Gasteiger partial charge on any atom is -0.451 e. The molecule has 30 heavy (non-hydrogen) atoms. The molecule has 5 nitrogen and oxygen atoms in total. The summed E-state index contributed by atoms with van der Waals surface area (Å²) < 4.78 is 19.3. The normalized spacial score (nSPS) is 31.0. The van der Waals surface area contributed by atoms with Gasteiger partial charge in [-0.05, 0) is 76.6 Å². The van der Waals surface area contributed by atoms with Gasteiger partial charge in [-0.1, -0.05) is 6.07 Å². The Hall–Kier alpha value is -1.66. The molecule has 164 valence electrons. The van der Waals surface area contributed by atoms with Crippen LogP contribution >= 0.6 is 12.4 Å². The Labute approximate surface area is 183 Å². The molecule has 3 aliphatic heterocycles. The summed E-state index contributed by atoms with van der Waals surface area (Å²) in [4.78, 5) is 30.2. The number of hydrogen-bond donors (Lipinski definition) is 0. The lowest BCUT2D eigenvalue weighted by molar-refractivity contribution is -0.139. The molecule has 3 heterocycles. The summed E-state index contributed by atoms with van der Waals surface area (Å²) in [6.07, 6.45) is 7.46. The van der Waals surface area contributed by atoms with Gasteiger partial charge in [-0.2, -0.15) is 0 Å². The van der Waals surface area contributed by atoms with E-state index in [-0.39, 0.29) is 24.2 Å². The van der Waals surface area contributed by atoms with Crippen LogP contribution in [0.15, 0.2) is 18.2 Å². The van der Waals surface area contributed by atoms with Gasteiger partial charge in [0.25, 0.3) is 0 Å². The minimum absolute atomic E-state index is 0. The number of nitrogens with zero attached hydrogens (tertiary/aromatic N) is 2. The zero-order valence-electron chi connectivity index (χ0n) is 17.3. The third kappa shape index (κ3) is 3.73. The van der Waals surface area contributed by atoms with Gasteiger partial charge in [-0.3, -0.25) is 4.79 Å². The molecule has 1 saturated carbocycles. The molecule has 3 fully saturated rings. The Morgan fingerprint density at radius 2 is 1.83 bits per heavy atom. The second-order valence-electron chi connectivity index (χ2n) is 9.18. The second-order valence-corrected chi connectivity index (χ2v) is 9.18. The monoisotopic (exact) mass is 436 g/mol. The van der Waals surface area contributed by atoms with E-state index < -0.39 is 17.4 Å². The van der Waals surface area contributed by atoms with Crippen molar-refractivity contribution in [1.82, 2.24) is 9.80 Å². The first kappa shape index (κ1) is 21.6. The summed E-state index contributed by atoms with van der Waals surface area (Å²) in [6, 6.07) is 4.71. The molecule has 7 heteroatoms. The van der Waals surface area contributed by atoms with Crippen molar-refractivity contribution in [3.05, 3.63) is 35.1 Å². The van der Waals surface area contributed by atoms with Crippen LogP contribution in [0.4, 0.5) is 4.39 Å². The van der Waals surface area contributed by atoms with Crippen LogP contribution in [0.2, 0.25) is 0 Å². The van der Waals surface area contributed by atoms with Gasteiger partial charge < -0.3 is 14.5 Å². The fourth-order valence-corrected chi connectivity index (χ4v) is 5.89. The number of rotatable bonds is 3. The summed E-state index contributed by atoms with van der Waals surface area (Å²) in [5, 5.41) is 0. The van der Waals surface area contributed by atoms with Gasteiger partial charge in [0, 0.05) is 30.6 Å². The number of fused-ring (bicyclic) bond motifs is 2. The van der Waals surface area contributed by atoms with E-state index >= 15 is 0 Å². The maximum atomic E-state index is 13.6. The van der Waals surface area contributed by atoms with Crippen LogP contribution in [-0.4, -0.2) is 53.9 Å². The highest BCUT2D eigenvalue weighted by Crippen LogP contribution is 2.48. The van der Waals surface area contributed by atoms with Crippen LogP contribution in [0.1, 0.15) is 67.3 Å². The Balaban J connectivity index is 0.00000218. The molecule has 1 amide bonds. The number of benzene rings is 1. The Morgan fingerprint density at radius 1 is 1.10 bits per heavy atom. The van der Waals surface area contributed by atoms with Crippen molar-refractivity contribution >= 4 is 24.3 Å². The highest BCUT2D eigenvalue weighted by molar-refractivity contribution is 5.94. The molecule has 0 bridgehead atoms. The first-order valence-electron chi connectivity index (χ1n) is 11.1. The van der Waals surface area contributed by atoms with Gasteiger partial charge in [0.1, 0.15) is 11.4 Å². The molecule has 0 radical (unpaired) electrons. The van der Waals surface area contributed by atoms with Crippen molar-refractivity contribution in [2.75, 3.05) is 26.2 Å². The molecule has 1 spiro atoms. The Bertz CT molecular complexity index is 819. The number of hydrogen-bond acceptors (Lipinski definition) is 4. The molecule has 1 aromatic carbocycles. The Kier molecular flexibility index (Phi) is 6.08. The zero-order valence-corrected chi connectivity index (χ0v) is 18.1. The molecule has 0 unspecified atom stereocenters. The molecule has 5 rings (SSSR count). The molecule has 1 aliphatic carbocycles. The van der Waals surface area contributed by atoms with Gasteiger partial charge in [0.15, 0.2) is 0 Å². The van der Waals surface area contributed by atoms with Crippen molar-refractivity contribution in [2.24, 2.45) is 5.92 Å². The smallest absolute Gasteiger partial charge is 0.339 e. The summed E-state index contributed by atoms with van der Waals surface area (Å²) in [7, 11) is 0. The number of ether oxygens (including phenoxy) is 1. The molecule has 0 aromatic heterocycles. The van der Waals surface area contributed by atoms with Crippen LogP contribution in [-0.2, 0) is 15.1 Å². The number of likely N-dealkylation sites (tertiary alicyclic amines) is 2. The molecule has 1 aromatic rings. The third-order valence-corrected chi connectivity index (χ3v) is 7.45. The lowest BCUT2D eigenvalue weighted by atomic mass is 9.74. The predicted molar refractivity (Wildman–Crippen MR) is 113 cm³/mol. The maximum Gasteiger partial charge on any atom is 0.339 e.